The monoisotopic (exact) mass is 788 g/mol. The van der Waals surface area contributed by atoms with E-state index in [0.29, 0.717) is 6.42 Å². The largest absolute Gasteiger partial charge is 0.508 e. The summed E-state index contributed by atoms with van der Waals surface area (Å²) in [6, 6.07) is 0. The molecule has 1 fully saturated rings. The summed E-state index contributed by atoms with van der Waals surface area (Å²) in [5.74, 6) is -0.418. The van der Waals surface area contributed by atoms with Gasteiger partial charge in [-0.25, -0.2) is 9.59 Å². The van der Waals surface area contributed by atoms with Crippen molar-refractivity contribution in [3.05, 3.63) is 48.6 Å². The highest BCUT2D eigenvalue weighted by atomic mass is 16.7. The van der Waals surface area contributed by atoms with Gasteiger partial charge in [-0.15, -0.1) is 0 Å². The third kappa shape index (κ3) is 35.4. The highest BCUT2D eigenvalue weighted by Crippen LogP contribution is 2.12. The molecule has 0 aromatic carbocycles. The van der Waals surface area contributed by atoms with Gasteiger partial charge in [0, 0.05) is 6.42 Å². The van der Waals surface area contributed by atoms with Crippen LogP contribution in [-0.2, 0) is 28.5 Å². The van der Waals surface area contributed by atoms with Crippen LogP contribution in [0.15, 0.2) is 48.6 Å². The summed E-state index contributed by atoms with van der Waals surface area (Å²) < 4.78 is 26.5. The van der Waals surface area contributed by atoms with Crippen molar-refractivity contribution in [3.8, 4) is 0 Å². The zero-order valence-corrected chi connectivity index (χ0v) is 35.7. The van der Waals surface area contributed by atoms with Crippen molar-refractivity contribution in [1.82, 2.24) is 4.90 Å². The van der Waals surface area contributed by atoms with Gasteiger partial charge in [-0.05, 0) is 116 Å². The van der Waals surface area contributed by atoms with Crippen LogP contribution in [0.4, 0.5) is 9.59 Å². The van der Waals surface area contributed by atoms with Crippen molar-refractivity contribution in [2.45, 2.75) is 187 Å². The van der Waals surface area contributed by atoms with Crippen molar-refractivity contribution in [1.29, 1.82) is 0 Å². The zero-order valence-electron chi connectivity index (χ0n) is 35.7. The summed E-state index contributed by atoms with van der Waals surface area (Å²) in [6.07, 6.45) is 43.4. The Morgan fingerprint density at radius 3 is 1.36 bits per heavy atom. The number of ether oxygens (including phenoxy) is 5. The maximum absolute atomic E-state index is 12.6. The first-order valence-corrected chi connectivity index (χ1v) is 22.7. The Morgan fingerprint density at radius 2 is 0.911 bits per heavy atom. The summed E-state index contributed by atoms with van der Waals surface area (Å²) in [7, 11) is 0. The van der Waals surface area contributed by atoms with Crippen LogP contribution in [0.1, 0.15) is 181 Å². The SMILES string of the molecule is CCCCC/C=C\C/C=C\CCCCCCCCOC(=O)OCC(COC(=O)OCCCCCC/C=C\C/C=C\CCCCC)OC(=O)CCCN1CCCC1. The fourth-order valence-corrected chi connectivity index (χ4v) is 6.36. The molecule has 0 bridgehead atoms. The van der Waals surface area contributed by atoms with Crippen LogP contribution >= 0.6 is 0 Å². The molecule has 0 aromatic heterocycles. The Morgan fingerprint density at radius 1 is 0.500 bits per heavy atom. The molecule has 1 saturated heterocycles. The molecule has 0 saturated carbocycles. The smallest absolute Gasteiger partial charge is 0.455 e. The number of allylic oxidation sites excluding steroid dienone is 8. The molecule has 0 aliphatic carbocycles. The lowest BCUT2D eigenvalue weighted by Gasteiger charge is -2.18. The van der Waals surface area contributed by atoms with Gasteiger partial charge in [-0.2, -0.15) is 0 Å². The second-order valence-corrected chi connectivity index (χ2v) is 15.0. The second kappa shape index (κ2) is 40.1. The van der Waals surface area contributed by atoms with E-state index < -0.39 is 24.4 Å². The Balaban J connectivity index is 2.21. The first-order valence-electron chi connectivity index (χ1n) is 22.7. The van der Waals surface area contributed by atoms with E-state index in [-0.39, 0.29) is 32.8 Å². The molecular formula is C47H81NO8. The molecule has 1 aliphatic rings. The van der Waals surface area contributed by atoms with Gasteiger partial charge in [0.15, 0.2) is 6.10 Å². The molecule has 9 heteroatoms. The molecule has 322 valence electrons. The number of carbonyl (C=O) groups is 3. The maximum atomic E-state index is 12.6. The highest BCUT2D eigenvalue weighted by Gasteiger charge is 2.21. The quantitative estimate of drug-likeness (QED) is 0.0263. The van der Waals surface area contributed by atoms with Gasteiger partial charge in [0.05, 0.1) is 13.2 Å². The number of hydrogen-bond acceptors (Lipinski definition) is 9. The van der Waals surface area contributed by atoms with Gasteiger partial charge in [0.1, 0.15) is 13.2 Å². The summed E-state index contributed by atoms with van der Waals surface area (Å²) >= 11 is 0. The minimum absolute atomic E-state index is 0.238. The first-order chi connectivity index (χ1) is 27.5. The maximum Gasteiger partial charge on any atom is 0.508 e. The molecule has 9 nitrogen and oxygen atoms in total. The highest BCUT2D eigenvalue weighted by molar-refractivity contribution is 5.69. The van der Waals surface area contributed by atoms with E-state index in [1.807, 2.05) is 0 Å². The van der Waals surface area contributed by atoms with Crippen molar-refractivity contribution >= 4 is 18.3 Å². The Labute approximate surface area is 342 Å². The van der Waals surface area contributed by atoms with E-state index in [1.54, 1.807) is 0 Å². The normalized spacial score (nSPS) is 14.0. The number of rotatable bonds is 37. The number of unbranched alkanes of at least 4 members (excludes halogenated alkanes) is 16. The molecule has 1 rings (SSSR count). The minimum atomic E-state index is -0.944. The lowest BCUT2D eigenvalue weighted by Crippen LogP contribution is -2.31. The fourth-order valence-electron chi connectivity index (χ4n) is 6.36. The molecule has 1 aliphatic heterocycles. The molecule has 0 amide bonds. The number of hydrogen-bond donors (Lipinski definition) is 0. The van der Waals surface area contributed by atoms with Gasteiger partial charge < -0.3 is 28.6 Å². The molecule has 0 N–H and O–H groups in total. The Hall–Kier alpha value is -3.07. The van der Waals surface area contributed by atoms with Crippen molar-refractivity contribution in [2.75, 3.05) is 46.1 Å². The molecule has 0 radical (unpaired) electrons. The van der Waals surface area contributed by atoms with E-state index >= 15 is 0 Å². The number of nitrogens with zero attached hydrogens (tertiary/aromatic N) is 1. The molecule has 1 heterocycles. The van der Waals surface area contributed by atoms with E-state index in [9.17, 15) is 14.4 Å². The van der Waals surface area contributed by atoms with Crippen molar-refractivity contribution < 1.29 is 38.1 Å². The van der Waals surface area contributed by atoms with E-state index in [4.69, 9.17) is 23.7 Å². The summed E-state index contributed by atoms with van der Waals surface area (Å²) in [5, 5.41) is 0. The van der Waals surface area contributed by atoms with Crippen molar-refractivity contribution in [2.24, 2.45) is 0 Å². The Kier molecular flexibility index (Phi) is 36.5. The minimum Gasteiger partial charge on any atom is -0.455 e. The summed E-state index contributed by atoms with van der Waals surface area (Å²) in [6.45, 7) is 7.42. The lowest BCUT2D eigenvalue weighted by molar-refractivity contribution is -0.154. The molecule has 0 spiro atoms. The van der Waals surface area contributed by atoms with Crippen LogP contribution < -0.4 is 0 Å². The van der Waals surface area contributed by atoms with Crippen LogP contribution in [0.25, 0.3) is 0 Å². The third-order valence-electron chi connectivity index (χ3n) is 9.76. The average molecular weight is 788 g/mol. The third-order valence-corrected chi connectivity index (χ3v) is 9.76. The van der Waals surface area contributed by atoms with Gasteiger partial charge in [0.2, 0.25) is 0 Å². The number of likely N-dealkylation sites (tertiary alicyclic amines) is 1. The molecular weight excluding hydrogens is 707 g/mol. The molecule has 56 heavy (non-hydrogen) atoms. The standard InChI is InChI=1S/C47H81NO8/c1-3-5-7-9-11-13-15-17-19-20-22-24-26-28-30-34-41-53-47(51)55-43-44(56-45(49)36-35-39-48-37-31-32-38-48)42-54-46(50)52-40-33-29-27-25-23-21-18-16-14-12-10-8-6-4-2/h11-14,17-19,21,44H,3-10,15-16,20,22-43H2,1-2H3/b13-11-,14-12-,19-17-,21-18-. The van der Waals surface area contributed by atoms with Crippen LogP contribution in [0.5, 0.6) is 0 Å². The van der Waals surface area contributed by atoms with Gasteiger partial charge >= 0.3 is 18.3 Å². The molecule has 1 unspecified atom stereocenters. The summed E-state index contributed by atoms with van der Waals surface area (Å²) in [5.41, 5.74) is 0. The van der Waals surface area contributed by atoms with Crippen LogP contribution in [0, 0.1) is 0 Å². The van der Waals surface area contributed by atoms with Gasteiger partial charge in [0.25, 0.3) is 0 Å². The lowest BCUT2D eigenvalue weighted by atomic mass is 10.1. The van der Waals surface area contributed by atoms with Crippen LogP contribution in [0.3, 0.4) is 0 Å². The van der Waals surface area contributed by atoms with Crippen molar-refractivity contribution in [3.63, 3.8) is 0 Å². The van der Waals surface area contributed by atoms with E-state index in [1.165, 1.54) is 83.5 Å². The topological polar surface area (TPSA) is 101 Å². The average Bonchev–Trinajstić information content (AvgIpc) is 3.72. The van der Waals surface area contributed by atoms with E-state index in [0.717, 1.165) is 90.3 Å². The van der Waals surface area contributed by atoms with Gasteiger partial charge in [-0.3, -0.25) is 4.79 Å². The predicted molar refractivity (Wildman–Crippen MR) is 229 cm³/mol. The number of carbonyl (C=O) groups excluding carboxylic acids is 3. The zero-order chi connectivity index (χ0) is 40.4. The Bertz CT molecular complexity index is 1050. The molecule has 1 atom stereocenters. The van der Waals surface area contributed by atoms with Crippen LogP contribution in [-0.4, -0.2) is 75.3 Å². The summed E-state index contributed by atoms with van der Waals surface area (Å²) in [4.78, 5) is 39.5. The fraction of sp³-hybridized carbons (Fsp3) is 0.766. The van der Waals surface area contributed by atoms with E-state index in [2.05, 4.69) is 67.4 Å². The molecule has 0 aromatic rings. The first kappa shape index (κ1) is 50.9. The van der Waals surface area contributed by atoms with Crippen LogP contribution in [0.2, 0.25) is 0 Å². The van der Waals surface area contributed by atoms with Gasteiger partial charge in [-0.1, -0.05) is 127 Å². The predicted octanol–water partition coefficient (Wildman–Crippen LogP) is 12.9. The number of esters is 1. The second-order valence-electron chi connectivity index (χ2n) is 15.0.